The molecule has 0 radical (unpaired) electrons. The Hall–Kier alpha value is -0.700. The molecule has 0 amide bonds. The first kappa shape index (κ1) is 8.40. The van der Waals surface area contributed by atoms with E-state index in [2.05, 4.69) is 22.9 Å². The third kappa shape index (κ3) is 1.48. The summed E-state index contributed by atoms with van der Waals surface area (Å²) in [5.74, 6) is 0. The number of nitrogen functional groups attached to an aromatic ring is 2. The van der Waals surface area contributed by atoms with Gasteiger partial charge in [-0.2, -0.15) is 0 Å². The van der Waals surface area contributed by atoms with E-state index in [-0.39, 0.29) is 0 Å². The maximum atomic E-state index is 5.74. The smallest absolute Gasteiger partial charge is 0.0591 e. The Bertz CT molecular complexity index is 271. The van der Waals surface area contributed by atoms with E-state index in [0.29, 0.717) is 11.4 Å². The Balaban J connectivity index is 3.29. The third-order valence-electron chi connectivity index (χ3n) is 1.69. The first-order valence-electron chi connectivity index (χ1n) is 3.49. The molecule has 1 aromatic carbocycles. The van der Waals surface area contributed by atoms with Gasteiger partial charge in [-0.1, -0.05) is 22.9 Å². The summed E-state index contributed by atoms with van der Waals surface area (Å²) in [5.41, 5.74) is 13.8. The molecule has 0 fully saturated rings. The van der Waals surface area contributed by atoms with Crippen molar-refractivity contribution in [3.05, 3.63) is 22.2 Å². The predicted octanol–water partition coefficient (Wildman–Crippen LogP) is 2.18. The van der Waals surface area contributed by atoms with Gasteiger partial charge >= 0.3 is 0 Å². The highest BCUT2D eigenvalue weighted by molar-refractivity contribution is 9.10. The van der Waals surface area contributed by atoms with Crippen LogP contribution in [0.15, 0.2) is 16.6 Å². The van der Waals surface area contributed by atoms with Crippen molar-refractivity contribution in [1.82, 2.24) is 0 Å². The lowest BCUT2D eigenvalue weighted by atomic mass is 10.1. The zero-order valence-electron chi connectivity index (χ0n) is 6.39. The topological polar surface area (TPSA) is 52.0 Å². The molecular weight excluding hydrogens is 204 g/mol. The van der Waals surface area contributed by atoms with E-state index < -0.39 is 0 Å². The van der Waals surface area contributed by atoms with Gasteiger partial charge in [0.2, 0.25) is 0 Å². The highest BCUT2D eigenvalue weighted by Gasteiger charge is 2.03. The van der Waals surface area contributed by atoms with Crippen LogP contribution in [0.3, 0.4) is 0 Å². The van der Waals surface area contributed by atoms with Crippen LogP contribution >= 0.6 is 15.9 Å². The van der Waals surface area contributed by atoms with Crippen LogP contribution < -0.4 is 11.5 Å². The second-order valence-electron chi connectivity index (χ2n) is 2.38. The van der Waals surface area contributed by atoms with E-state index in [0.717, 1.165) is 16.5 Å². The summed E-state index contributed by atoms with van der Waals surface area (Å²) < 4.78 is 1.03. The number of halogens is 1. The van der Waals surface area contributed by atoms with Crippen molar-refractivity contribution in [2.75, 3.05) is 11.5 Å². The van der Waals surface area contributed by atoms with Gasteiger partial charge in [0.05, 0.1) is 11.4 Å². The molecule has 0 saturated heterocycles. The van der Waals surface area contributed by atoms with Crippen molar-refractivity contribution in [1.29, 1.82) is 0 Å². The van der Waals surface area contributed by atoms with Crippen LogP contribution in [0, 0.1) is 0 Å². The number of hydrogen-bond donors (Lipinski definition) is 2. The number of nitrogens with two attached hydrogens (primary N) is 2. The zero-order chi connectivity index (χ0) is 8.43. The number of hydrogen-bond acceptors (Lipinski definition) is 2. The van der Waals surface area contributed by atoms with Crippen LogP contribution in [0.25, 0.3) is 0 Å². The van der Waals surface area contributed by atoms with Gasteiger partial charge in [0, 0.05) is 4.47 Å². The molecule has 0 bridgehead atoms. The number of rotatable bonds is 1. The summed E-state index contributed by atoms with van der Waals surface area (Å²) in [7, 11) is 0. The van der Waals surface area contributed by atoms with E-state index in [4.69, 9.17) is 11.5 Å². The second kappa shape index (κ2) is 3.13. The van der Waals surface area contributed by atoms with Crippen LogP contribution in [0.5, 0.6) is 0 Å². The van der Waals surface area contributed by atoms with Gasteiger partial charge in [-0.15, -0.1) is 0 Å². The van der Waals surface area contributed by atoms with E-state index in [1.54, 1.807) is 6.07 Å². The normalized spacial score (nSPS) is 10.0. The van der Waals surface area contributed by atoms with Crippen molar-refractivity contribution >= 4 is 27.3 Å². The monoisotopic (exact) mass is 214 g/mol. The van der Waals surface area contributed by atoms with Crippen LogP contribution in [-0.4, -0.2) is 0 Å². The summed E-state index contributed by atoms with van der Waals surface area (Å²) in [6.07, 6.45) is 0.900. The van der Waals surface area contributed by atoms with Gasteiger partial charge in [0.1, 0.15) is 0 Å². The highest BCUT2D eigenvalue weighted by atomic mass is 79.9. The van der Waals surface area contributed by atoms with E-state index in [1.807, 2.05) is 6.07 Å². The fourth-order valence-electron chi connectivity index (χ4n) is 1.02. The zero-order valence-corrected chi connectivity index (χ0v) is 7.98. The van der Waals surface area contributed by atoms with Crippen LogP contribution in [-0.2, 0) is 6.42 Å². The minimum Gasteiger partial charge on any atom is -0.397 e. The molecule has 0 aliphatic rings. The Morgan fingerprint density at radius 2 is 2.00 bits per heavy atom. The molecule has 0 unspecified atom stereocenters. The molecule has 0 aliphatic heterocycles. The molecule has 60 valence electrons. The molecule has 0 aliphatic carbocycles. The molecule has 0 atom stereocenters. The molecule has 4 N–H and O–H groups in total. The van der Waals surface area contributed by atoms with Crippen LogP contribution in [0.1, 0.15) is 12.5 Å². The Labute approximate surface area is 74.7 Å². The molecule has 2 nitrogen and oxygen atoms in total. The van der Waals surface area contributed by atoms with Gasteiger partial charge < -0.3 is 11.5 Å². The molecule has 3 heteroatoms. The highest BCUT2D eigenvalue weighted by Crippen LogP contribution is 2.27. The third-order valence-corrected chi connectivity index (χ3v) is 2.43. The number of benzene rings is 1. The maximum Gasteiger partial charge on any atom is 0.0591 e. The van der Waals surface area contributed by atoms with E-state index in [1.165, 1.54) is 0 Å². The lowest BCUT2D eigenvalue weighted by molar-refractivity contribution is 1.13. The van der Waals surface area contributed by atoms with E-state index in [9.17, 15) is 0 Å². The quantitative estimate of drug-likeness (QED) is 0.705. The molecule has 11 heavy (non-hydrogen) atoms. The summed E-state index contributed by atoms with van der Waals surface area (Å²) in [6.45, 7) is 2.05. The lowest BCUT2D eigenvalue weighted by Gasteiger charge is -2.07. The first-order valence-corrected chi connectivity index (χ1v) is 4.28. The van der Waals surface area contributed by atoms with Crippen molar-refractivity contribution in [2.45, 2.75) is 13.3 Å². The summed E-state index contributed by atoms with van der Waals surface area (Å²) >= 11 is 3.41. The summed E-state index contributed by atoms with van der Waals surface area (Å²) in [5, 5.41) is 0. The molecule has 0 spiro atoms. The maximum absolute atomic E-state index is 5.74. The van der Waals surface area contributed by atoms with Crippen LogP contribution in [0.2, 0.25) is 0 Å². The average molecular weight is 215 g/mol. The van der Waals surface area contributed by atoms with Crippen molar-refractivity contribution in [2.24, 2.45) is 0 Å². The molecule has 0 heterocycles. The Morgan fingerprint density at radius 1 is 1.36 bits per heavy atom. The van der Waals surface area contributed by atoms with Gasteiger partial charge in [0.15, 0.2) is 0 Å². The van der Waals surface area contributed by atoms with Crippen molar-refractivity contribution in [3.63, 3.8) is 0 Å². The Kier molecular flexibility index (Phi) is 2.39. The van der Waals surface area contributed by atoms with Crippen molar-refractivity contribution in [3.8, 4) is 0 Å². The fourth-order valence-corrected chi connectivity index (χ4v) is 1.64. The number of anilines is 2. The molecular formula is C8H11BrN2. The lowest BCUT2D eigenvalue weighted by Crippen LogP contribution is -1.99. The minimum absolute atomic E-state index is 0.657. The molecule has 0 aromatic heterocycles. The summed E-state index contributed by atoms with van der Waals surface area (Å²) in [4.78, 5) is 0. The fraction of sp³-hybridized carbons (Fsp3) is 0.250. The minimum atomic E-state index is 0.657. The van der Waals surface area contributed by atoms with Gasteiger partial charge in [-0.3, -0.25) is 0 Å². The average Bonchev–Trinajstić information content (AvgIpc) is 1.99. The molecule has 1 aromatic rings. The second-order valence-corrected chi connectivity index (χ2v) is 3.24. The predicted molar refractivity (Wildman–Crippen MR) is 52.3 cm³/mol. The van der Waals surface area contributed by atoms with Gasteiger partial charge in [0.25, 0.3) is 0 Å². The van der Waals surface area contributed by atoms with Gasteiger partial charge in [-0.25, -0.2) is 0 Å². The SMILES string of the molecule is CCc1c(Br)ccc(N)c1N. The first-order chi connectivity index (χ1) is 5.16. The van der Waals surface area contributed by atoms with Crippen molar-refractivity contribution < 1.29 is 0 Å². The largest absolute Gasteiger partial charge is 0.397 e. The molecule has 1 rings (SSSR count). The summed E-state index contributed by atoms with van der Waals surface area (Å²) in [6, 6.07) is 3.73. The van der Waals surface area contributed by atoms with Crippen LogP contribution in [0.4, 0.5) is 11.4 Å². The Morgan fingerprint density at radius 3 is 2.45 bits per heavy atom. The van der Waals surface area contributed by atoms with Gasteiger partial charge in [-0.05, 0) is 24.1 Å². The van der Waals surface area contributed by atoms with E-state index >= 15 is 0 Å². The molecule has 0 saturated carbocycles. The standard InChI is InChI=1S/C8H11BrN2/c1-2-5-6(9)3-4-7(10)8(5)11/h3-4H,2,10-11H2,1H3.